The topological polar surface area (TPSA) is 49.6 Å². The van der Waals surface area contributed by atoms with Gasteiger partial charge in [-0.05, 0) is 31.5 Å². The molecule has 1 amide bonds. The van der Waals surface area contributed by atoms with Crippen LogP contribution in [0.15, 0.2) is 18.2 Å². The van der Waals surface area contributed by atoms with Crippen LogP contribution in [-0.2, 0) is 12.7 Å². The number of carbonyl (C=O) groups excluding carboxylic acids is 1. The van der Waals surface area contributed by atoms with Crippen LogP contribution in [0.25, 0.3) is 0 Å². The quantitative estimate of drug-likeness (QED) is 0.922. The summed E-state index contributed by atoms with van der Waals surface area (Å²) in [5.74, 6) is -0.854. The molecular formula is C16H22F3N3O. The molecule has 2 N–H and O–H groups in total. The number of alkyl halides is 3. The van der Waals surface area contributed by atoms with E-state index >= 15 is 0 Å². The lowest BCUT2D eigenvalue weighted by Gasteiger charge is -2.37. The zero-order valence-corrected chi connectivity index (χ0v) is 13.4. The van der Waals surface area contributed by atoms with E-state index in [2.05, 4.69) is 18.7 Å². The number of hydrogen-bond acceptors (Lipinski definition) is 3. The lowest BCUT2D eigenvalue weighted by molar-refractivity contribution is -0.138. The van der Waals surface area contributed by atoms with Gasteiger partial charge in [-0.25, -0.2) is 0 Å². The summed E-state index contributed by atoms with van der Waals surface area (Å²) in [6, 6.07) is 4.01. The molecule has 1 heterocycles. The van der Waals surface area contributed by atoms with Gasteiger partial charge in [0, 0.05) is 44.3 Å². The molecule has 1 aliphatic rings. The third-order valence-electron chi connectivity index (χ3n) is 4.23. The summed E-state index contributed by atoms with van der Waals surface area (Å²) in [4.78, 5) is 15.4. The highest BCUT2D eigenvalue weighted by molar-refractivity contribution is 5.93. The predicted octanol–water partition coefficient (Wildman–Crippen LogP) is 2.33. The van der Waals surface area contributed by atoms with Crippen LogP contribution in [0.5, 0.6) is 0 Å². The molecule has 1 aromatic carbocycles. The standard InChI is InChI=1S/C16H22F3N3O/c1-11(2)22-7-5-21(6-8-22)10-13-4-3-12(15(20)23)9-14(13)16(17,18)19/h3-4,9,11H,5-8,10H2,1-2H3,(H2,20,23). The Labute approximate surface area is 134 Å². The number of nitrogens with two attached hydrogens (primary N) is 1. The first kappa shape index (κ1) is 17.7. The lowest BCUT2D eigenvalue weighted by Crippen LogP contribution is -2.48. The summed E-state index contributed by atoms with van der Waals surface area (Å²) in [7, 11) is 0. The Balaban J connectivity index is 2.15. The van der Waals surface area contributed by atoms with Crippen molar-refractivity contribution in [3.05, 3.63) is 34.9 Å². The third kappa shape index (κ3) is 4.45. The van der Waals surface area contributed by atoms with Gasteiger partial charge in [-0.15, -0.1) is 0 Å². The highest BCUT2D eigenvalue weighted by Crippen LogP contribution is 2.33. The van der Waals surface area contributed by atoms with Crippen molar-refractivity contribution in [2.24, 2.45) is 5.73 Å². The minimum Gasteiger partial charge on any atom is -0.366 e. The van der Waals surface area contributed by atoms with Crippen molar-refractivity contribution in [1.29, 1.82) is 0 Å². The minimum absolute atomic E-state index is 0.120. The fourth-order valence-corrected chi connectivity index (χ4v) is 2.81. The van der Waals surface area contributed by atoms with E-state index in [-0.39, 0.29) is 17.7 Å². The van der Waals surface area contributed by atoms with Gasteiger partial charge in [-0.2, -0.15) is 13.2 Å². The average molecular weight is 329 g/mol. The van der Waals surface area contributed by atoms with Gasteiger partial charge in [-0.1, -0.05) is 6.07 Å². The zero-order valence-electron chi connectivity index (χ0n) is 13.4. The molecule has 7 heteroatoms. The van der Waals surface area contributed by atoms with E-state index in [1.807, 2.05) is 4.90 Å². The summed E-state index contributed by atoms with van der Waals surface area (Å²) < 4.78 is 39.7. The van der Waals surface area contributed by atoms with Crippen LogP contribution >= 0.6 is 0 Å². The monoisotopic (exact) mass is 329 g/mol. The number of primary amides is 1. The van der Waals surface area contributed by atoms with Gasteiger partial charge in [-0.3, -0.25) is 14.6 Å². The lowest BCUT2D eigenvalue weighted by atomic mass is 10.0. The molecule has 1 fully saturated rings. The second kappa shape index (κ2) is 6.88. The van der Waals surface area contributed by atoms with Crippen LogP contribution in [0.2, 0.25) is 0 Å². The smallest absolute Gasteiger partial charge is 0.366 e. The molecule has 0 aromatic heterocycles. The Kier molecular flexibility index (Phi) is 5.31. The Bertz CT molecular complexity index is 564. The average Bonchev–Trinajstić information content (AvgIpc) is 2.46. The normalized spacial score (nSPS) is 17.7. The van der Waals surface area contributed by atoms with Crippen molar-refractivity contribution in [1.82, 2.24) is 9.80 Å². The van der Waals surface area contributed by atoms with Gasteiger partial charge in [0.05, 0.1) is 5.56 Å². The first-order valence-corrected chi connectivity index (χ1v) is 7.65. The maximum Gasteiger partial charge on any atom is 0.416 e. The highest BCUT2D eigenvalue weighted by atomic mass is 19.4. The number of benzene rings is 1. The van der Waals surface area contributed by atoms with E-state index in [0.717, 1.165) is 32.2 Å². The van der Waals surface area contributed by atoms with Crippen molar-refractivity contribution in [3.8, 4) is 0 Å². The molecule has 1 saturated heterocycles. The van der Waals surface area contributed by atoms with E-state index in [4.69, 9.17) is 5.73 Å². The second-order valence-corrected chi connectivity index (χ2v) is 6.14. The van der Waals surface area contributed by atoms with Gasteiger partial charge in [0.25, 0.3) is 0 Å². The van der Waals surface area contributed by atoms with Gasteiger partial charge in [0.2, 0.25) is 5.91 Å². The van der Waals surface area contributed by atoms with Gasteiger partial charge < -0.3 is 5.73 Å². The van der Waals surface area contributed by atoms with Crippen molar-refractivity contribution >= 4 is 5.91 Å². The van der Waals surface area contributed by atoms with Gasteiger partial charge in [0.15, 0.2) is 0 Å². The number of nitrogens with zero attached hydrogens (tertiary/aromatic N) is 2. The highest BCUT2D eigenvalue weighted by Gasteiger charge is 2.34. The number of hydrogen-bond donors (Lipinski definition) is 1. The molecule has 0 aliphatic carbocycles. The zero-order chi connectivity index (χ0) is 17.2. The molecule has 2 rings (SSSR count). The fourth-order valence-electron chi connectivity index (χ4n) is 2.81. The van der Waals surface area contributed by atoms with Crippen molar-refractivity contribution in [2.75, 3.05) is 26.2 Å². The van der Waals surface area contributed by atoms with E-state index in [1.54, 1.807) is 0 Å². The van der Waals surface area contributed by atoms with Crippen LogP contribution in [0.3, 0.4) is 0 Å². The summed E-state index contributed by atoms with van der Waals surface area (Å²) in [5.41, 5.74) is 4.37. The first-order valence-electron chi connectivity index (χ1n) is 7.65. The van der Waals surface area contributed by atoms with Crippen LogP contribution in [0, 0.1) is 0 Å². The van der Waals surface area contributed by atoms with Gasteiger partial charge in [0.1, 0.15) is 0 Å². The fraction of sp³-hybridized carbons (Fsp3) is 0.562. The molecule has 1 aliphatic heterocycles. The largest absolute Gasteiger partial charge is 0.416 e. The maximum atomic E-state index is 13.2. The van der Waals surface area contributed by atoms with Crippen molar-refractivity contribution < 1.29 is 18.0 Å². The van der Waals surface area contributed by atoms with Gasteiger partial charge >= 0.3 is 6.18 Å². The SMILES string of the molecule is CC(C)N1CCN(Cc2ccc(C(N)=O)cc2C(F)(F)F)CC1. The third-order valence-corrected chi connectivity index (χ3v) is 4.23. The molecular weight excluding hydrogens is 307 g/mol. The predicted molar refractivity (Wildman–Crippen MR) is 81.9 cm³/mol. The summed E-state index contributed by atoms with van der Waals surface area (Å²) in [6.07, 6.45) is -4.50. The summed E-state index contributed by atoms with van der Waals surface area (Å²) >= 11 is 0. The van der Waals surface area contributed by atoms with E-state index in [0.29, 0.717) is 6.04 Å². The molecule has 0 saturated carbocycles. The molecule has 0 unspecified atom stereocenters. The van der Waals surface area contributed by atoms with Crippen molar-refractivity contribution in [3.63, 3.8) is 0 Å². The molecule has 0 spiro atoms. The molecule has 23 heavy (non-hydrogen) atoms. The second-order valence-electron chi connectivity index (χ2n) is 6.14. The summed E-state index contributed by atoms with van der Waals surface area (Å²) in [6.45, 7) is 7.59. The molecule has 0 atom stereocenters. The summed E-state index contributed by atoms with van der Waals surface area (Å²) in [5, 5.41) is 0. The minimum atomic E-state index is -4.50. The number of carbonyl (C=O) groups is 1. The number of halogens is 3. The molecule has 1 aromatic rings. The van der Waals surface area contributed by atoms with E-state index in [9.17, 15) is 18.0 Å². The maximum absolute atomic E-state index is 13.2. The number of piperazine rings is 1. The number of rotatable bonds is 4. The van der Waals surface area contributed by atoms with E-state index in [1.165, 1.54) is 12.1 Å². The van der Waals surface area contributed by atoms with Crippen LogP contribution in [0.1, 0.15) is 35.3 Å². The Morgan fingerprint density at radius 3 is 2.30 bits per heavy atom. The Morgan fingerprint density at radius 1 is 1.22 bits per heavy atom. The van der Waals surface area contributed by atoms with Crippen molar-refractivity contribution in [2.45, 2.75) is 32.6 Å². The van der Waals surface area contributed by atoms with Crippen LogP contribution in [0.4, 0.5) is 13.2 Å². The molecule has 128 valence electrons. The Hall–Kier alpha value is -1.60. The first-order chi connectivity index (χ1) is 10.7. The Morgan fingerprint density at radius 2 is 1.83 bits per heavy atom. The van der Waals surface area contributed by atoms with Crippen LogP contribution in [-0.4, -0.2) is 47.9 Å². The molecule has 0 radical (unpaired) electrons. The molecule has 4 nitrogen and oxygen atoms in total. The van der Waals surface area contributed by atoms with E-state index < -0.39 is 17.6 Å². The number of amides is 1. The van der Waals surface area contributed by atoms with Crippen LogP contribution < -0.4 is 5.73 Å². The molecule has 0 bridgehead atoms.